The Kier molecular flexibility index (Phi) is 6.21. The summed E-state index contributed by atoms with van der Waals surface area (Å²) in [6, 6.07) is 11.0. The Morgan fingerprint density at radius 2 is 1.83 bits per heavy atom. The molecule has 3 aliphatic heterocycles. The van der Waals surface area contributed by atoms with Crippen LogP contribution >= 0.6 is 11.6 Å². The summed E-state index contributed by atoms with van der Waals surface area (Å²) < 4.78 is 27.3. The smallest absolute Gasteiger partial charge is 0.338 e. The highest BCUT2D eigenvalue weighted by molar-refractivity contribution is 6.32. The van der Waals surface area contributed by atoms with Gasteiger partial charge in [-0.2, -0.15) is 0 Å². The summed E-state index contributed by atoms with van der Waals surface area (Å²) >= 11 is 7.12. The summed E-state index contributed by atoms with van der Waals surface area (Å²) in [5.74, 6) is -0.580. The van der Waals surface area contributed by atoms with Crippen molar-refractivity contribution in [2.24, 2.45) is 23.2 Å². The van der Waals surface area contributed by atoms with Crippen molar-refractivity contribution in [1.29, 1.82) is 0 Å². The van der Waals surface area contributed by atoms with Gasteiger partial charge in [-0.05, 0) is 94.2 Å². The van der Waals surface area contributed by atoms with Crippen LogP contribution < -0.4 is 0 Å². The van der Waals surface area contributed by atoms with Crippen molar-refractivity contribution < 1.29 is 34.0 Å². The molecule has 278 valence electrons. The lowest BCUT2D eigenvalue weighted by molar-refractivity contribution is -0.281. The number of hydrogen-bond acceptors (Lipinski definition) is 7. The van der Waals surface area contributed by atoms with E-state index in [-0.39, 0.29) is 23.9 Å². The van der Waals surface area contributed by atoms with E-state index < -0.39 is 63.6 Å². The number of esters is 1. The van der Waals surface area contributed by atoms with E-state index in [1.165, 1.54) is 0 Å². The average molecular weight is 738 g/mol. The summed E-state index contributed by atoms with van der Waals surface area (Å²) in [5, 5.41) is 28.2. The number of aromatic amines is 1. The van der Waals surface area contributed by atoms with Crippen molar-refractivity contribution in [2.45, 2.75) is 131 Å². The van der Waals surface area contributed by atoms with Crippen LogP contribution in [-0.2, 0) is 36.4 Å². The van der Waals surface area contributed by atoms with Gasteiger partial charge in [-0.15, -0.1) is 0 Å². The number of carbonyl (C=O) groups is 1. The Hall–Kier alpha value is -2.98. The van der Waals surface area contributed by atoms with Crippen LogP contribution in [-0.4, -0.2) is 62.4 Å². The number of H-pyrrole nitrogens is 1. The Bertz CT molecular complexity index is 2210. The summed E-state index contributed by atoms with van der Waals surface area (Å²) in [5.41, 5.74) is 1.78. The van der Waals surface area contributed by atoms with Crippen molar-refractivity contribution in [3.8, 4) is 0 Å². The number of rotatable bonds is 3. The number of benzene rings is 2. The largest absolute Gasteiger partial charge is 0.453 e. The fourth-order valence-electron chi connectivity index (χ4n) is 13.7. The second-order valence-electron chi connectivity index (χ2n) is 18.7. The first kappa shape index (κ1) is 33.4. The lowest BCUT2D eigenvalue weighted by atomic mass is 9.40. The first-order chi connectivity index (χ1) is 25.0. The number of carbonyl (C=O) groups excluding carboxylic acids is 1. The van der Waals surface area contributed by atoms with Crippen LogP contribution in [0.3, 0.4) is 0 Å². The molecule has 0 unspecified atom stereocenters. The third kappa shape index (κ3) is 3.50. The second kappa shape index (κ2) is 9.87. The summed E-state index contributed by atoms with van der Waals surface area (Å²) in [6.07, 6.45) is 1.48. The molecule has 1 aromatic heterocycles. The SMILES string of the molecule is C=C(C)[C@H]1O[C@H]2CC[C@@]3(C)[C@@](O)(CC[C@H]4[C@@H]5OC(C)(C)[C@@H]6C[C@@H]7C(=C)Cc8c(Cl)cc9[nH]c(c5c9c8[C@@]76O)[C@@]43C)[C@]23O[C@@H]3[C@H]1OC(=O)c1ccccc1. The lowest BCUT2D eigenvalue weighted by Crippen LogP contribution is -2.76. The predicted molar refractivity (Wildman–Crippen MR) is 199 cm³/mol. The van der Waals surface area contributed by atoms with Crippen molar-refractivity contribution in [3.63, 3.8) is 0 Å². The number of aromatic nitrogens is 1. The van der Waals surface area contributed by atoms with Gasteiger partial charge in [0.05, 0.1) is 23.4 Å². The standard InChI is InChI=1S/C44H48ClNO7/c1-20(2)33-35(51-38(47)22-11-9-8-10-12-22)37-44(53-37)29(50-33)14-15-40(6)41(7)24(13-16-42(40,44)48)34-31-30-27(46-36(31)41)19-26(45)23-17-21(3)25-18-28(39(4,5)52-34)43(25,49)32(23)30/h8-12,19,24-25,28-29,33-35,37,46,48-49H,1,3,13-18H2,2,4-7H3/t24-,25+,28-,29-,33+,34-,35-,37+,40+,41+,42-,43+,44-/m0/s1. The van der Waals surface area contributed by atoms with E-state index in [4.69, 9.17) is 30.5 Å². The van der Waals surface area contributed by atoms with Crippen LogP contribution in [0.1, 0.15) is 106 Å². The Labute approximate surface area is 314 Å². The molecule has 2 aromatic carbocycles. The van der Waals surface area contributed by atoms with Gasteiger partial charge in [0.15, 0.2) is 11.7 Å². The fourth-order valence-corrected chi connectivity index (χ4v) is 14.0. The third-order valence-electron chi connectivity index (χ3n) is 16.4. The molecule has 13 atom stereocenters. The number of ether oxygens (including phenoxy) is 4. The van der Waals surface area contributed by atoms with Crippen molar-refractivity contribution in [1.82, 2.24) is 4.98 Å². The number of hydrogen-bond donors (Lipinski definition) is 3. The summed E-state index contributed by atoms with van der Waals surface area (Å²) in [4.78, 5) is 17.4. The molecule has 0 amide bonds. The van der Waals surface area contributed by atoms with Crippen LogP contribution in [0.5, 0.6) is 0 Å². The number of aliphatic hydroxyl groups is 2. The maximum atomic E-state index is 13.6. The molecule has 3 N–H and O–H groups in total. The number of epoxide rings is 1. The molecule has 4 heterocycles. The zero-order chi connectivity index (χ0) is 37.0. The zero-order valence-electron chi connectivity index (χ0n) is 31.1. The minimum absolute atomic E-state index is 0.0502. The van der Waals surface area contributed by atoms with Crippen LogP contribution in [0.25, 0.3) is 10.9 Å². The quantitative estimate of drug-likeness (QED) is 0.145. The van der Waals surface area contributed by atoms with Gasteiger partial charge in [0.2, 0.25) is 0 Å². The third-order valence-corrected chi connectivity index (χ3v) is 16.8. The monoisotopic (exact) mass is 737 g/mol. The molecule has 5 fully saturated rings. The molecule has 8 nitrogen and oxygen atoms in total. The van der Waals surface area contributed by atoms with Crippen molar-refractivity contribution in [2.75, 3.05) is 0 Å². The number of fused-ring (bicyclic) bond motifs is 5. The van der Waals surface area contributed by atoms with E-state index in [0.29, 0.717) is 42.7 Å². The Morgan fingerprint density at radius 1 is 1.08 bits per heavy atom. The predicted octanol–water partition coefficient (Wildman–Crippen LogP) is 7.53. The number of nitrogens with one attached hydrogen (secondary N) is 1. The molecule has 8 aliphatic rings. The van der Waals surface area contributed by atoms with E-state index >= 15 is 0 Å². The topological polar surface area (TPSA) is 114 Å². The van der Waals surface area contributed by atoms with Crippen LogP contribution in [0, 0.1) is 23.2 Å². The minimum Gasteiger partial charge on any atom is -0.453 e. The molecule has 9 heteroatoms. The van der Waals surface area contributed by atoms with Crippen LogP contribution in [0.15, 0.2) is 60.7 Å². The molecule has 11 rings (SSSR count). The first-order valence-electron chi connectivity index (χ1n) is 19.5. The van der Waals surface area contributed by atoms with E-state index in [9.17, 15) is 15.0 Å². The average Bonchev–Trinajstić information content (AvgIpc) is 3.70. The molecule has 0 radical (unpaired) electrons. The van der Waals surface area contributed by atoms with Gasteiger partial charge in [-0.1, -0.05) is 62.4 Å². The molecule has 1 spiro atoms. The normalized spacial score (nSPS) is 46.2. The second-order valence-corrected chi connectivity index (χ2v) is 19.1. The highest BCUT2D eigenvalue weighted by Crippen LogP contribution is 2.78. The van der Waals surface area contributed by atoms with Crippen LogP contribution in [0.4, 0.5) is 0 Å². The van der Waals surface area contributed by atoms with Gasteiger partial charge in [0.1, 0.15) is 23.4 Å². The van der Waals surface area contributed by atoms with Gasteiger partial charge in [0.25, 0.3) is 0 Å². The van der Waals surface area contributed by atoms with E-state index in [0.717, 1.165) is 50.9 Å². The summed E-state index contributed by atoms with van der Waals surface area (Å²) in [6.45, 7) is 19.4. The zero-order valence-corrected chi connectivity index (χ0v) is 31.8. The molecular weight excluding hydrogens is 690 g/mol. The molecule has 3 saturated carbocycles. The maximum Gasteiger partial charge on any atom is 0.338 e. The van der Waals surface area contributed by atoms with E-state index in [1.54, 1.807) is 12.1 Å². The molecule has 53 heavy (non-hydrogen) atoms. The van der Waals surface area contributed by atoms with Gasteiger partial charge in [-0.3, -0.25) is 0 Å². The van der Waals surface area contributed by atoms with Gasteiger partial charge >= 0.3 is 5.97 Å². The van der Waals surface area contributed by atoms with Crippen molar-refractivity contribution >= 4 is 28.5 Å². The molecule has 0 bridgehead atoms. The Balaban J connectivity index is 1.07. The minimum atomic E-state index is -1.33. The molecule has 5 aliphatic carbocycles. The Morgan fingerprint density at radius 3 is 2.57 bits per heavy atom. The van der Waals surface area contributed by atoms with Gasteiger partial charge < -0.3 is 34.1 Å². The molecular formula is C44H48ClNO7. The fraction of sp³-hybridized carbons (Fsp3) is 0.568. The highest BCUT2D eigenvalue weighted by atomic mass is 35.5. The van der Waals surface area contributed by atoms with Crippen LogP contribution in [0.2, 0.25) is 5.02 Å². The first-order valence-corrected chi connectivity index (χ1v) is 19.8. The molecule has 3 aromatic rings. The maximum absolute atomic E-state index is 13.6. The van der Waals surface area contributed by atoms with Gasteiger partial charge in [-0.25, -0.2) is 4.79 Å². The lowest BCUT2D eigenvalue weighted by Gasteiger charge is -2.66. The number of halogens is 1. The molecule has 2 saturated heterocycles. The van der Waals surface area contributed by atoms with Crippen molar-refractivity contribution in [3.05, 3.63) is 93.7 Å². The van der Waals surface area contributed by atoms with E-state index in [2.05, 4.69) is 45.8 Å². The highest BCUT2D eigenvalue weighted by Gasteiger charge is 2.87. The van der Waals surface area contributed by atoms with Gasteiger partial charge in [0, 0.05) is 55.8 Å². The summed E-state index contributed by atoms with van der Waals surface area (Å²) in [7, 11) is 0. The van der Waals surface area contributed by atoms with E-state index in [1.807, 2.05) is 31.2 Å².